The monoisotopic (exact) mass is 165 g/mol. The molecule has 1 saturated heterocycles. The summed E-state index contributed by atoms with van der Waals surface area (Å²) in [5, 5.41) is 0. The van der Waals surface area contributed by atoms with E-state index in [1.807, 2.05) is 0 Å². The molecule has 1 nitrogen and oxygen atoms in total. The van der Waals surface area contributed by atoms with Crippen molar-refractivity contribution in [2.24, 2.45) is 5.92 Å². The summed E-state index contributed by atoms with van der Waals surface area (Å²) in [6.07, 6.45) is 10.6. The number of rotatable bonds is 1. The van der Waals surface area contributed by atoms with E-state index in [4.69, 9.17) is 0 Å². The Balaban J connectivity index is 1.72. The van der Waals surface area contributed by atoms with Crippen LogP contribution in [-0.4, -0.2) is 23.5 Å². The van der Waals surface area contributed by atoms with Crippen molar-refractivity contribution < 1.29 is 0 Å². The first kappa shape index (κ1) is 7.37. The van der Waals surface area contributed by atoms with Crippen LogP contribution in [0.5, 0.6) is 0 Å². The lowest BCUT2D eigenvalue weighted by molar-refractivity contribution is 0.175. The molecule has 3 rings (SSSR count). The molecule has 3 aliphatic rings. The van der Waals surface area contributed by atoms with Crippen molar-refractivity contribution in [1.29, 1.82) is 0 Å². The van der Waals surface area contributed by atoms with E-state index in [9.17, 15) is 0 Å². The predicted octanol–water partition coefficient (Wildman–Crippen LogP) is 2.41. The molecule has 2 saturated carbocycles. The fraction of sp³-hybridized carbons (Fsp3) is 1.00. The summed E-state index contributed by atoms with van der Waals surface area (Å²) in [6, 6.07) is 2.05. The Labute approximate surface area is 75.1 Å². The molecule has 0 N–H and O–H groups in total. The van der Waals surface area contributed by atoms with Gasteiger partial charge in [-0.3, -0.25) is 4.90 Å². The van der Waals surface area contributed by atoms with Gasteiger partial charge in [-0.15, -0.1) is 0 Å². The molecule has 0 aromatic rings. The highest BCUT2D eigenvalue weighted by molar-refractivity contribution is 4.97. The standard InChI is InChI=1S/C11H19N/c1-2-4-11-9(3-1)7-8-12(11)10-5-6-10/h9-11H,1-8H2. The number of hydrogen-bond donors (Lipinski definition) is 0. The second-order valence-electron chi connectivity index (χ2n) is 4.87. The number of likely N-dealkylation sites (tertiary alicyclic amines) is 1. The lowest BCUT2D eigenvalue weighted by atomic mass is 9.85. The smallest absolute Gasteiger partial charge is 0.0127 e. The van der Waals surface area contributed by atoms with Crippen LogP contribution in [0.25, 0.3) is 0 Å². The van der Waals surface area contributed by atoms with Crippen molar-refractivity contribution in [2.75, 3.05) is 6.54 Å². The number of nitrogens with zero attached hydrogens (tertiary/aromatic N) is 1. The van der Waals surface area contributed by atoms with Crippen molar-refractivity contribution in [3.8, 4) is 0 Å². The molecular formula is C11H19N. The van der Waals surface area contributed by atoms with Crippen LogP contribution in [0.3, 0.4) is 0 Å². The van der Waals surface area contributed by atoms with Crippen molar-refractivity contribution in [2.45, 2.75) is 57.0 Å². The van der Waals surface area contributed by atoms with Crippen molar-refractivity contribution in [3.05, 3.63) is 0 Å². The van der Waals surface area contributed by atoms with Crippen LogP contribution in [0.15, 0.2) is 0 Å². The highest BCUT2D eigenvalue weighted by atomic mass is 15.2. The Morgan fingerprint density at radius 2 is 1.67 bits per heavy atom. The highest BCUT2D eigenvalue weighted by Gasteiger charge is 2.42. The van der Waals surface area contributed by atoms with Gasteiger partial charge in [-0.2, -0.15) is 0 Å². The van der Waals surface area contributed by atoms with E-state index >= 15 is 0 Å². The van der Waals surface area contributed by atoms with Crippen LogP contribution in [0.1, 0.15) is 44.9 Å². The second kappa shape index (κ2) is 2.73. The molecule has 0 amide bonds. The Morgan fingerprint density at radius 1 is 0.833 bits per heavy atom. The molecule has 1 heteroatoms. The molecule has 0 aromatic carbocycles. The third kappa shape index (κ3) is 1.10. The van der Waals surface area contributed by atoms with Gasteiger partial charge >= 0.3 is 0 Å². The minimum atomic E-state index is 1.02. The summed E-state index contributed by atoms with van der Waals surface area (Å²) in [6.45, 7) is 1.43. The topological polar surface area (TPSA) is 3.24 Å². The Morgan fingerprint density at radius 3 is 2.50 bits per heavy atom. The molecule has 0 spiro atoms. The van der Waals surface area contributed by atoms with E-state index in [2.05, 4.69) is 4.90 Å². The zero-order valence-corrected chi connectivity index (χ0v) is 7.84. The van der Waals surface area contributed by atoms with Crippen molar-refractivity contribution >= 4 is 0 Å². The van der Waals surface area contributed by atoms with Gasteiger partial charge in [0.25, 0.3) is 0 Å². The fourth-order valence-electron chi connectivity index (χ4n) is 3.30. The van der Waals surface area contributed by atoms with E-state index in [0.29, 0.717) is 0 Å². The third-order valence-electron chi connectivity index (χ3n) is 4.07. The zero-order chi connectivity index (χ0) is 7.97. The summed E-state index contributed by atoms with van der Waals surface area (Å²) in [7, 11) is 0. The summed E-state index contributed by atoms with van der Waals surface area (Å²) < 4.78 is 0. The average Bonchev–Trinajstić information content (AvgIpc) is 2.86. The molecule has 12 heavy (non-hydrogen) atoms. The first-order valence-corrected chi connectivity index (χ1v) is 5.71. The zero-order valence-electron chi connectivity index (χ0n) is 7.84. The molecular weight excluding hydrogens is 146 g/mol. The van der Waals surface area contributed by atoms with Gasteiger partial charge in [-0.1, -0.05) is 12.8 Å². The van der Waals surface area contributed by atoms with Crippen LogP contribution in [0.4, 0.5) is 0 Å². The van der Waals surface area contributed by atoms with Gasteiger partial charge in [-0.25, -0.2) is 0 Å². The van der Waals surface area contributed by atoms with E-state index < -0.39 is 0 Å². The molecule has 0 radical (unpaired) electrons. The molecule has 2 aliphatic carbocycles. The third-order valence-corrected chi connectivity index (χ3v) is 4.07. The van der Waals surface area contributed by atoms with Gasteiger partial charge in [0.05, 0.1) is 0 Å². The first-order valence-electron chi connectivity index (χ1n) is 5.71. The van der Waals surface area contributed by atoms with E-state index in [-0.39, 0.29) is 0 Å². The van der Waals surface area contributed by atoms with Crippen LogP contribution in [-0.2, 0) is 0 Å². The second-order valence-corrected chi connectivity index (χ2v) is 4.87. The highest BCUT2D eigenvalue weighted by Crippen LogP contribution is 2.41. The van der Waals surface area contributed by atoms with Crippen LogP contribution in [0, 0.1) is 5.92 Å². The SMILES string of the molecule is C1CCC2C(C1)CCN2C1CC1. The molecule has 1 aliphatic heterocycles. The minimum Gasteiger partial charge on any atom is -0.297 e. The summed E-state index contributed by atoms with van der Waals surface area (Å²) in [4.78, 5) is 2.84. The quantitative estimate of drug-likeness (QED) is 0.576. The maximum atomic E-state index is 2.84. The Hall–Kier alpha value is -0.0400. The van der Waals surface area contributed by atoms with Crippen LogP contribution >= 0.6 is 0 Å². The molecule has 68 valence electrons. The lowest BCUT2D eigenvalue weighted by Gasteiger charge is -2.31. The van der Waals surface area contributed by atoms with Gasteiger partial charge in [0.15, 0.2) is 0 Å². The van der Waals surface area contributed by atoms with Gasteiger partial charge in [0, 0.05) is 12.1 Å². The van der Waals surface area contributed by atoms with Crippen molar-refractivity contribution in [3.63, 3.8) is 0 Å². The van der Waals surface area contributed by atoms with Gasteiger partial charge in [-0.05, 0) is 44.6 Å². The first-order chi connectivity index (χ1) is 5.95. The normalized spacial score (nSPS) is 43.0. The Bertz CT molecular complexity index is 174. The number of hydrogen-bond acceptors (Lipinski definition) is 1. The molecule has 2 atom stereocenters. The Kier molecular flexibility index (Phi) is 1.68. The predicted molar refractivity (Wildman–Crippen MR) is 50.1 cm³/mol. The largest absolute Gasteiger partial charge is 0.297 e. The maximum Gasteiger partial charge on any atom is 0.0127 e. The molecule has 1 heterocycles. The van der Waals surface area contributed by atoms with Gasteiger partial charge in [0.1, 0.15) is 0 Å². The van der Waals surface area contributed by atoms with E-state index in [1.165, 1.54) is 51.5 Å². The minimum absolute atomic E-state index is 1.02. The lowest BCUT2D eigenvalue weighted by Crippen LogP contribution is -2.36. The van der Waals surface area contributed by atoms with Crippen LogP contribution in [0.2, 0.25) is 0 Å². The number of fused-ring (bicyclic) bond motifs is 1. The van der Waals surface area contributed by atoms with E-state index in [1.54, 1.807) is 0 Å². The van der Waals surface area contributed by atoms with Gasteiger partial charge in [0.2, 0.25) is 0 Å². The molecule has 2 unspecified atom stereocenters. The van der Waals surface area contributed by atoms with Crippen LogP contribution < -0.4 is 0 Å². The average molecular weight is 165 g/mol. The molecule has 0 aromatic heterocycles. The molecule has 0 bridgehead atoms. The summed E-state index contributed by atoms with van der Waals surface area (Å²) in [5.74, 6) is 1.10. The summed E-state index contributed by atoms with van der Waals surface area (Å²) >= 11 is 0. The van der Waals surface area contributed by atoms with Crippen molar-refractivity contribution in [1.82, 2.24) is 4.90 Å². The van der Waals surface area contributed by atoms with E-state index in [0.717, 1.165) is 18.0 Å². The fourth-order valence-corrected chi connectivity index (χ4v) is 3.30. The summed E-state index contributed by atoms with van der Waals surface area (Å²) in [5.41, 5.74) is 0. The molecule has 3 fully saturated rings. The maximum absolute atomic E-state index is 2.84. The van der Waals surface area contributed by atoms with Gasteiger partial charge < -0.3 is 0 Å².